The molecule has 0 saturated carbocycles. The predicted octanol–water partition coefficient (Wildman–Crippen LogP) is 3.26. The fourth-order valence-electron chi connectivity index (χ4n) is 4.17. The first kappa shape index (κ1) is 31.0. The number of benzene rings is 1. The molecule has 1 aromatic carbocycles. The quantitative estimate of drug-likeness (QED) is 0.269. The van der Waals surface area contributed by atoms with E-state index in [0.29, 0.717) is 28.8 Å². The maximum atomic E-state index is 13.3. The van der Waals surface area contributed by atoms with E-state index in [1.807, 2.05) is 26.8 Å². The highest BCUT2D eigenvalue weighted by molar-refractivity contribution is 6.08. The highest BCUT2D eigenvalue weighted by Gasteiger charge is 2.26. The maximum absolute atomic E-state index is 13.3. The van der Waals surface area contributed by atoms with Gasteiger partial charge in [-0.2, -0.15) is 0 Å². The molecular formula is C30H37N5O6. The number of rotatable bonds is 11. The topological polar surface area (TPSA) is 143 Å². The van der Waals surface area contributed by atoms with Gasteiger partial charge in [0.05, 0.1) is 30.7 Å². The molecule has 0 radical (unpaired) electrons. The number of likely N-dealkylation sites (N-methyl/N-ethyl adjacent to an activating group) is 1. The van der Waals surface area contributed by atoms with E-state index < -0.39 is 17.6 Å². The van der Waals surface area contributed by atoms with E-state index in [-0.39, 0.29) is 48.0 Å². The second kappa shape index (κ2) is 13.2. The molecule has 1 atom stereocenters. The fourth-order valence-corrected chi connectivity index (χ4v) is 4.17. The number of allylic oxidation sites excluding steroid dienone is 1. The molecule has 0 aliphatic heterocycles. The number of amides is 2. The van der Waals surface area contributed by atoms with Crippen molar-refractivity contribution < 1.29 is 23.9 Å². The first-order valence-corrected chi connectivity index (χ1v) is 13.3. The number of hydrogen-bond donors (Lipinski definition) is 2. The van der Waals surface area contributed by atoms with Crippen LogP contribution < -0.4 is 10.9 Å². The van der Waals surface area contributed by atoms with Gasteiger partial charge in [-0.1, -0.05) is 39.0 Å². The number of Topliss-reactive ketones (excluding diaryl/α,β-unsaturated/α-hetero) is 2. The van der Waals surface area contributed by atoms with Crippen LogP contribution in [0.2, 0.25) is 0 Å². The molecule has 41 heavy (non-hydrogen) atoms. The Morgan fingerprint density at radius 3 is 2.54 bits per heavy atom. The SMILES string of the molecule is COC(=O)N[C@@H](CC/C=C/C(=O)N(C)C)C(=O)Cc1cccn(Cc2nc3c(C(=O)C(C)(C)C)cccc3[nH]2)c1=O. The molecule has 0 saturated heterocycles. The number of aromatic nitrogens is 3. The second-order valence-corrected chi connectivity index (χ2v) is 11.0. The molecule has 2 aromatic heterocycles. The van der Waals surface area contributed by atoms with Crippen LogP contribution in [0, 0.1) is 5.41 Å². The summed E-state index contributed by atoms with van der Waals surface area (Å²) in [7, 11) is 4.45. The Hall–Kier alpha value is -4.54. The van der Waals surface area contributed by atoms with Crippen LogP contribution in [0.25, 0.3) is 11.0 Å². The number of aromatic amines is 1. The van der Waals surface area contributed by atoms with E-state index in [1.165, 1.54) is 22.7 Å². The van der Waals surface area contributed by atoms with Crippen LogP contribution in [0.5, 0.6) is 0 Å². The highest BCUT2D eigenvalue weighted by atomic mass is 16.5. The number of ketones is 2. The van der Waals surface area contributed by atoms with Crippen LogP contribution in [-0.4, -0.2) is 70.2 Å². The molecule has 3 aromatic rings. The zero-order valence-corrected chi connectivity index (χ0v) is 24.3. The number of pyridine rings is 1. The summed E-state index contributed by atoms with van der Waals surface area (Å²) in [5.74, 6) is -0.107. The van der Waals surface area contributed by atoms with Gasteiger partial charge in [0.15, 0.2) is 11.6 Å². The first-order valence-electron chi connectivity index (χ1n) is 13.3. The number of imidazole rings is 1. The number of carbonyl (C=O) groups is 4. The number of nitrogens with one attached hydrogen (secondary N) is 2. The summed E-state index contributed by atoms with van der Waals surface area (Å²) in [6.45, 7) is 5.65. The minimum Gasteiger partial charge on any atom is -0.453 e. The molecule has 2 N–H and O–H groups in total. The van der Waals surface area contributed by atoms with E-state index in [1.54, 1.807) is 50.6 Å². The predicted molar refractivity (Wildman–Crippen MR) is 155 cm³/mol. The number of H-pyrrole nitrogens is 1. The first-order chi connectivity index (χ1) is 19.3. The largest absolute Gasteiger partial charge is 0.453 e. The van der Waals surface area contributed by atoms with Gasteiger partial charge >= 0.3 is 6.09 Å². The smallest absolute Gasteiger partial charge is 0.407 e. The molecule has 0 fully saturated rings. The van der Waals surface area contributed by atoms with Crippen LogP contribution in [0.3, 0.4) is 0 Å². The summed E-state index contributed by atoms with van der Waals surface area (Å²) in [5, 5.41) is 2.52. The van der Waals surface area contributed by atoms with Crippen LogP contribution in [0.4, 0.5) is 4.79 Å². The lowest BCUT2D eigenvalue weighted by molar-refractivity contribution is -0.123. The number of nitrogens with zero attached hydrogens (tertiary/aromatic N) is 3. The molecule has 0 spiro atoms. The van der Waals surface area contributed by atoms with Gasteiger partial charge in [0.2, 0.25) is 5.91 Å². The summed E-state index contributed by atoms with van der Waals surface area (Å²) in [5.41, 5.74) is 1.04. The van der Waals surface area contributed by atoms with Crippen molar-refractivity contribution in [3.63, 3.8) is 0 Å². The van der Waals surface area contributed by atoms with Crippen molar-refractivity contribution in [1.29, 1.82) is 0 Å². The van der Waals surface area contributed by atoms with E-state index in [0.717, 1.165) is 0 Å². The van der Waals surface area contributed by atoms with Gasteiger partial charge in [-0.3, -0.25) is 19.2 Å². The van der Waals surface area contributed by atoms with E-state index in [2.05, 4.69) is 20.0 Å². The van der Waals surface area contributed by atoms with Crippen LogP contribution >= 0.6 is 0 Å². The van der Waals surface area contributed by atoms with Gasteiger partial charge in [0.25, 0.3) is 5.56 Å². The Morgan fingerprint density at radius 1 is 1.15 bits per heavy atom. The molecule has 0 aliphatic carbocycles. The van der Waals surface area contributed by atoms with E-state index in [4.69, 9.17) is 0 Å². The minimum atomic E-state index is -0.913. The zero-order valence-electron chi connectivity index (χ0n) is 24.3. The second-order valence-electron chi connectivity index (χ2n) is 11.0. The average molecular weight is 564 g/mol. The average Bonchev–Trinajstić information content (AvgIpc) is 3.33. The van der Waals surface area contributed by atoms with Gasteiger partial charge in [0, 0.05) is 43.3 Å². The van der Waals surface area contributed by atoms with Crippen molar-refractivity contribution in [2.75, 3.05) is 21.2 Å². The highest BCUT2D eigenvalue weighted by Crippen LogP contribution is 2.25. The monoisotopic (exact) mass is 563 g/mol. The summed E-state index contributed by atoms with van der Waals surface area (Å²) < 4.78 is 6.09. The van der Waals surface area contributed by atoms with Crippen molar-refractivity contribution >= 4 is 34.6 Å². The van der Waals surface area contributed by atoms with Gasteiger partial charge in [-0.05, 0) is 37.1 Å². The van der Waals surface area contributed by atoms with Crippen LogP contribution in [0.1, 0.15) is 55.4 Å². The third-order valence-electron chi connectivity index (χ3n) is 6.46. The normalized spacial score (nSPS) is 12.3. The molecule has 218 valence electrons. The van der Waals surface area contributed by atoms with Gasteiger partial charge in [-0.15, -0.1) is 0 Å². The lowest BCUT2D eigenvalue weighted by Crippen LogP contribution is -2.42. The summed E-state index contributed by atoms with van der Waals surface area (Å²) >= 11 is 0. The number of ether oxygens (including phenoxy) is 1. The van der Waals surface area contributed by atoms with Crippen molar-refractivity contribution in [2.24, 2.45) is 5.41 Å². The Kier molecular flexibility index (Phi) is 9.99. The van der Waals surface area contributed by atoms with Gasteiger partial charge < -0.3 is 24.5 Å². The van der Waals surface area contributed by atoms with Crippen molar-refractivity contribution in [3.8, 4) is 0 Å². The Morgan fingerprint density at radius 2 is 1.88 bits per heavy atom. The Balaban J connectivity index is 1.79. The third kappa shape index (κ3) is 8.00. The fraction of sp³-hybridized carbons (Fsp3) is 0.400. The van der Waals surface area contributed by atoms with Crippen LogP contribution in [-0.2, 0) is 27.3 Å². The number of alkyl carbamates (subject to hydrolysis) is 1. The molecular weight excluding hydrogens is 526 g/mol. The van der Waals surface area contributed by atoms with Crippen molar-refractivity contribution in [1.82, 2.24) is 24.8 Å². The number of hydrogen-bond acceptors (Lipinski definition) is 7. The summed E-state index contributed by atoms with van der Waals surface area (Å²) in [4.78, 5) is 72.2. The minimum absolute atomic E-state index is 0.0336. The maximum Gasteiger partial charge on any atom is 0.407 e. The molecule has 2 amide bonds. The van der Waals surface area contributed by atoms with Crippen molar-refractivity contribution in [2.45, 2.75) is 52.6 Å². The van der Waals surface area contributed by atoms with Crippen molar-refractivity contribution in [3.05, 3.63) is 76.0 Å². The number of carbonyl (C=O) groups excluding carboxylic acids is 4. The number of fused-ring (bicyclic) bond motifs is 1. The zero-order chi connectivity index (χ0) is 30.3. The summed E-state index contributed by atoms with van der Waals surface area (Å²) in [6.07, 6.45) is 4.23. The number of para-hydroxylation sites is 1. The Bertz CT molecular complexity index is 1530. The van der Waals surface area contributed by atoms with Gasteiger partial charge in [0.1, 0.15) is 5.82 Å². The van der Waals surface area contributed by atoms with E-state index in [9.17, 15) is 24.0 Å². The summed E-state index contributed by atoms with van der Waals surface area (Å²) in [6, 6.07) is 7.68. The molecule has 11 nitrogen and oxygen atoms in total. The molecule has 0 bridgehead atoms. The molecule has 0 unspecified atom stereocenters. The van der Waals surface area contributed by atoms with Gasteiger partial charge in [-0.25, -0.2) is 9.78 Å². The lowest BCUT2D eigenvalue weighted by atomic mass is 9.86. The molecule has 3 rings (SSSR count). The van der Waals surface area contributed by atoms with E-state index >= 15 is 0 Å². The molecule has 11 heteroatoms. The molecule has 2 heterocycles. The lowest BCUT2D eigenvalue weighted by Gasteiger charge is -2.16. The Labute approximate surface area is 238 Å². The standard InChI is InChI=1S/C30H37N5O6/c1-30(2,3)27(38)20-12-9-14-22-26(20)33-24(31-22)18-35-16-10-11-19(28(35)39)17-23(36)21(32-29(40)41-6)13-7-8-15-25(37)34(4)5/h8-12,14-16,21H,7,13,17-18H2,1-6H3,(H,31,33)(H,32,40)/b15-8+/t21-/m0/s1. The molecule has 0 aliphatic rings. The van der Waals surface area contributed by atoms with Crippen LogP contribution in [0.15, 0.2) is 53.5 Å². The number of methoxy groups -OCH3 is 1. The third-order valence-corrected chi connectivity index (χ3v) is 6.46.